The van der Waals surface area contributed by atoms with Gasteiger partial charge in [-0.2, -0.15) is 13.8 Å². The Morgan fingerprint density at radius 1 is 1.05 bits per heavy atom. The van der Waals surface area contributed by atoms with Gasteiger partial charge >= 0.3 is 13.3 Å². The molecule has 1 heterocycles. The zero-order chi connectivity index (χ0) is 29.6. The SMILES string of the molecule is CCCCCNc1nc(N)nc(C)c1Cc1ccc(OCCOCCC(F)(F)P(=O)(OCC)OCC)cc1OC. The minimum atomic E-state index is -4.56. The first kappa shape index (κ1) is 33.7. The van der Waals surface area contributed by atoms with Crippen LogP contribution >= 0.6 is 7.60 Å². The summed E-state index contributed by atoms with van der Waals surface area (Å²) in [4.78, 5) is 8.74. The van der Waals surface area contributed by atoms with Gasteiger partial charge in [0.25, 0.3) is 0 Å². The van der Waals surface area contributed by atoms with Crippen LogP contribution in [-0.2, 0) is 24.8 Å². The molecule has 226 valence electrons. The van der Waals surface area contributed by atoms with Gasteiger partial charge in [-0.1, -0.05) is 25.8 Å². The minimum absolute atomic E-state index is 0.0583. The zero-order valence-electron chi connectivity index (χ0n) is 24.1. The van der Waals surface area contributed by atoms with E-state index in [1.807, 2.05) is 13.0 Å². The number of nitrogens with zero attached hydrogens (tertiary/aromatic N) is 2. The van der Waals surface area contributed by atoms with Gasteiger partial charge in [-0.05, 0) is 38.8 Å². The van der Waals surface area contributed by atoms with Crippen molar-refractivity contribution in [3.8, 4) is 11.5 Å². The van der Waals surface area contributed by atoms with Crippen molar-refractivity contribution in [3.63, 3.8) is 0 Å². The normalized spacial score (nSPS) is 12.0. The fourth-order valence-corrected chi connectivity index (χ4v) is 5.42. The lowest BCUT2D eigenvalue weighted by Crippen LogP contribution is -2.23. The van der Waals surface area contributed by atoms with E-state index in [0.717, 1.165) is 42.6 Å². The van der Waals surface area contributed by atoms with Crippen LogP contribution < -0.4 is 20.5 Å². The number of halogens is 2. The first-order chi connectivity index (χ1) is 19.1. The van der Waals surface area contributed by atoms with Crippen LogP contribution in [0.2, 0.25) is 0 Å². The van der Waals surface area contributed by atoms with Crippen LogP contribution in [-0.4, -0.2) is 62.3 Å². The average Bonchev–Trinajstić information content (AvgIpc) is 2.91. The van der Waals surface area contributed by atoms with E-state index < -0.39 is 19.7 Å². The van der Waals surface area contributed by atoms with Crippen LogP contribution in [0.1, 0.15) is 63.3 Å². The highest BCUT2D eigenvalue weighted by Gasteiger charge is 2.52. The number of rotatable bonds is 20. The van der Waals surface area contributed by atoms with Crippen molar-refractivity contribution in [1.29, 1.82) is 0 Å². The number of nitrogens with two attached hydrogens (primary N) is 1. The van der Waals surface area contributed by atoms with Crippen LogP contribution in [0.25, 0.3) is 0 Å². The number of benzene rings is 1. The third-order valence-electron chi connectivity index (χ3n) is 5.97. The number of hydrogen-bond donors (Lipinski definition) is 2. The van der Waals surface area contributed by atoms with Crippen molar-refractivity contribution in [1.82, 2.24) is 9.97 Å². The molecule has 2 aromatic rings. The van der Waals surface area contributed by atoms with E-state index in [9.17, 15) is 13.3 Å². The number of methoxy groups -OCH3 is 1. The quantitative estimate of drug-likeness (QED) is 0.136. The van der Waals surface area contributed by atoms with Gasteiger partial charge in [-0.25, -0.2) is 4.98 Å². The number of unbranched alkanes of at least 4 members (excludes halogenated alkanes) is 2. The molecule has 10 nitrogen and oxygen atoms in total. The Hall–Kier alpha value is -2.53. The number of alkyl halides is 2. The van der Waals surface area contributed by atoms with E-state index in [0.29, 0.717) is 23.7 Å². The highest BCUT2D eigenvalue weighted by molar-refractivity contribution is 7.55. The highest BCUT2D eigenvalue weighted by Crippen LogP contribution is 2.63. The number of nitrogen functional groups attached to an aromatic ring is 1. The van der Waals surface area contributed by atoms with Gasteiger partial charge in [0.2, 0.25) is 5.95 Å². The molecule has 0 fully saturated rings. The number of aryl methyl sites for hydroxylation is 1. The molecule has 3 N–H and O–H groups in total. The summed E-state index contributed by atoms with van der Waals surface area (Å²) in [6.45, 7) is 7.37. The lowest BCUT2D eigenvalue weighted by molar-refractivity contribution is -0.000497. The molecule has 0 aliphatic rings. The minimum Gasteiger partial charge on any atom is -0.496 e. The summed E-state index contributed by atoms with van der Waals surface area (Å²) in [6, 6.07) is 5.45. The van der Waals surface area contributed by atoms with Gasteiger partial charge in [-0.15, -0.1) is 0 Å². The molecule has 40 heavy (non-hydrogen) atoms. The van der Waals surface area contributed by atoms with Crippen LogP contribution in [0.4, 0.5) is 20.5 Å². The predicted octanol–water partition coefficient (Wildman–Crippen LogP) is 6.21. The second-order valence-corrected chi connectivity index (χ2v) is 11.2. The molecule has 0 radical (unpaired) electrons. The standard InChI is InChI=1S/C27H43F2N4O6P/c1-6-9-10-14-31-25-23(20(4)32-26(30)33-25)18-21-11-12-22(19-24(21)35-5)37-17-16-36-15-13-27(28,29)40(34,38-7-2)39-8-3/h11-12,19H,6-10,13-18H2,1-5H3,(H3,30,31,32,33). The molecular formula is C27H43F2N4O6P. The molecule has 0 bridgehead atoms. The van der Waals surface area contributed by atoms with E-state index in [1.54, 1.807) is 19.2 Å². The third kappa shape index (κ3) is 9.83. The van der Waals surface area contributed by atoms with E-state index in [1.165, 1.54) is 13.8 Å². The predicted molar refractivity (Wildman–Crippen MR) is 152 cm³/mol. The van der Waals surface area contributed by atoms with Crippen molar-refractivity contribution in [2.45, 2.75) is 65.5 Å². The Morgan fingerprint density at radius 2 is 1.77 bits per heavy atom. The Kier molecular flexibility index (Phi) is 14.0. The maximum Gasteiger partial charge on any atom is 0.399 e. The van der Waals surface area contributed by atoms with E-state index in [2.05, 4.69) is 22.2 Å². The second-order valence-electron chi connectivity index (χ2n) is 8.99. The average molecular weight is 589 g/mol. The van der Waals surface area contributed by atoms with Crippen molar-refractivity contribution in [2.24, 2.45) is 0 Å². The Morgan fingerprint density at radius 3 is 2.42 bits per heavy atom. The molecule has 0 unspecified atom stereocenters. The van der Waals surface area contributed by atoms with Crippen LogP contribution in [0.15, 0.2) is 18.2 Å². The van der Waals surface area contributed by atoms with E-state index in [-0.39, 0.29) is 39.0 Å². The molecule has 2 rings (SSSR count). The Bertz CT molecular complexity index is 1100. The number of aromatic nitrogens is 2. The summed E-state index contributed by atoms with van der Waals surface area (Å²) in [5, 5.41) is 3.39. The number of ether oxygens (including phenoxy) is 3. The number of hydrogen-bond acceptors (Lipinski definition) is 10. The first-order valence-corrected chi connectivity index (χ1v) is 15.2. The molecule has 13 heteroatoms. The highest BCUT2D eigenvalue weighted by atomic mass is 31.2. The van der Waals surface area contributed by atoms with Gasteiger partial charge in [0.05, 0.1) is 33.5 Å². The summed E-state index contributed by atoms with van der Waals surface area (Å²) in [7, 11) is -2.98. The van der Waals surface area contributed by atoms with Crippen molar-refractivity contribution in [3.05, 3.63) is 35.0 Å². The summed E-state index contributed by atoms with van der Waals surface area (Å²) < 4.78 is 67.3. The molecule has 0 aliphatic carbocycles. The monoisotopic (exact) mass is 588 g/mol. The van der Waals surface area contributed by atoms with Gasteiger partial charge in [0, 0.05) is 36.7 Å². The molecule has 0 aliphatic heterocycles. The van der Waals surface area contributed by atoms with Gasteiger partial charge in [0.1, 0.15) is 23.9 Å². The topological polar surface area (TPSA) is 127 Å². The van der Waals surface area contributed by atoms with Crippen molar-refractivity contribution in [2.75, 3.05) is 57.7 Å². The molecule has 0 spiro atoms. The summed E-state index contributed by atoms with van der Waals surface area (Å²) in [5.74, 6) is 2.09. The summed E-state index contributed by atoms with van der Waals surface area (Å²) >= 11 is 0. The zero-order valence-corrected chi connectivity index (χ0v) is 25.0. The summed E-state index contributed by atoms with van der Waals surface area (Å²) in [5.41, 5.74) is 4.87. The second kappa shape index (κ2) is 16.7. The van der Waals surface area contributed by atoms with Gasteiger partial charge in [0.15, 0.2) is 0 Å². The third-order valence-corrected chi connectivity index (χ3v) is 8.19. The van der Waals surface area contributed by atoms with E-state index >= 15 is 0 Å². The summed E-state index contributed by atoms with van der Waals surface area (Å²) in [6.07, 6.45) is 3.01. The van der Waals surface area contributed by atoms with Crippen molar-refractivity contribution < 1.29 is 36.6 Å². The Labute approximate surface area is 235 Å². The van der Waals surface area contributed by atoms with E-state index in [4.69, 9.17) is 29.0 Å². The lowest BCUT2D eigenvalue weighted by Gasteiger charge is -2.25. The largest absolute Gasteiger partial charge is 0.496 e. The van der Waals surface area contributed by atoms with Gasteiger partial charge in [-0.3, -0.25) is 4.57 Å². The molecule has 1 aromatic carbocycles. The molecule has 1 aromatic heterocycles. The van der Waals surface area contributed by atoms with Crippen LogP contribution in [0.5, 0.6) is 11.5 Å². The Balaban J connectivity index is 1.95. The first-order valence-electron chi connectivity index (χ1n) is 13.6. The molecule has 0 saturated carbocycles. The molecular weight excluding hydrogens is 545 g/mol. The molecule has 0 amide bonds. The van der Waals surface area contributed by atoms with Crippen LogP contribution in [0.3, 0.4) is 0 Å². The molecule has 0 atom stereocenters. The number of anilines is 2. The fourth-order valence-electron chi connectivity index (χ4n) is 3.93. The smallest absolute Gasteiger partial charge is 0.399 e. The maximum atomic E-state index is 14.4. The maximum absolute atomic E-state index is 14.4. The fraction of sp³-hybridized carbons (Fsp3) is 0.630. The van der Waals surface area contributed by atoms with Gasteiger partial charge < -0.3 is 34.3 Å². The number of nitrogens with one attached hydrogen (secondary N) is 1. The molecule has 0 saturated heterocycles. The van der Waals surface area contributed by atoms with Crippen molar-refractivity contribution >= 4 is 19.4 Å². The van der Waals surface area contributed by atoms with Crippen LogP contribution in [0, 0.1) is 6.92 Å². The lowest BCUT2D eigenvalue weighted by atomic mass is 10.0.